The highest BCUT2D eigenvalue weighted by Gasteiger charge is 2.28. The number of piperidine rings is 1. The molecule has 1 saturated heterocycles. The van der Waals surface area contributed by atoms with Gasteiger partial charge in [0, 0.05) is 18.8 Å². The molecule has 0 unspecified atom stereocenters. The van der Waals surface area contributed by atoms with Crippen molar-refractivity contribution in [2.24, 2.45) is 0 Å². The number of anilines is 1. The van der Waals surface area contributed by atoms with Gasteiger partial charge < -0.3 is 9.88 Å². The van der Waals surface area contributed by atoms with Gasteiger partial charge in [0.05, 0.1) is 21.8 Å². The highest BCUT2D eigenvalue weighted by molar-refractivity contribution is 7.97. The summed E-state index contributed by atoms with van der Waals surface area (Å²) >= 11 is 7.87. The molecular formula is C22H25ClN4O3S2. The molecule has 32 heavy (non-hydrogen) atoms. The zero-order valence-electron chi connectivity index (χ0n) is 17.8. The van der Waals surface area contributed by atoms with E-state index in [0.717, 1.165) is 36.1 Å². The lowest BCUT2D eigenvalue weighted by Crippen LogP contribution is -2.35. The fraction of sp³-hybridized carbons (Fsp3) is 0.364. The highest BCUT2D eigenvalue weighted by Crippen LogP contribution is 2.29. The van der Waals surface area contributed by atoms with Crippen LogP contribution in [0, 0.1) is 0 Å². The van der Waals surface area contributed by atoms with Crippen LogP contribution in [-0.4, -0.2) is 47.5 Å². The van der Waals surface area contributed by atoms with E-state index in [2.05, 4.69) is 10.3 Å². The predicted molar refractivity (Wildman–Crippen MR) is 130 cm³/mol. The van der Waals surface area contributed by atoms with Gasteiger partial charge in [-0.1, -0.05) is 30.2 Å². The minimum Gasteiger partial charge on any atom is -0.324 e. The summed E-state index contributed by atoms with van der Waals surface area (Å²) in [5, 5.41) is 2.97. The number of benzene rings is 2. The first-order valence-corrected chi connectivity index (χ1v) is 13.6. The van der Waals surface area contributed by atoms with E-state index in [-0.39, 0.29) is 22.4 Å². The van der Waals surface area contributed by atoms with Crippen LogP contribution >= 0.6 is 23.4 Å². The lowest BCUT2D eigenvalue weighted by atomic mass is 10.2. The van der Waals surface area contributed by atoms with E-state index in [9.17, 15) is 13.2 Å². The number of amides is 1. The minimum absolute atomic E-state index is 0.0232. The van der Waals surface area contributed by atoms with Gasteiger partial charge in [-0.25, -0.2) is 13.4 Å². The van der Waals surface area contributed by atoms with Gasteiger partial charge in [0.15, 0.2) is 0 Å². The van der Waals surface area contributed by atoms with Crippen molar-refractivity contribution >= 4 is 56.0 Å². The Labute approximate surface area is 197 Å². The number of fused-ring (bicyclic) bond motifs is 1. The maximum atomic E-state index is 13.1. The summed E-state index contributed by atoms with van der Waals surface area (Å²) in [6, 6.07) is 12.3. The number of nitrogens with one attached hydrogen (secondary N) is 1. The summed E-state index contributed by atoms with van der Waals surface area (Å²) in [5.41, 5.74) is 2.12. The van der Waals surface area contributed by atoms with Crippen molar-refractivity contribution in [3.63, 3.8) is 0 Å². The summed E-state index contributed by atoms with van der Waals surface area (Å²) in [4.78, 5) is 17.5. The summed E-state index contributed by atoms with van der Waals surface area (Å²) in [6.07, 6.45) is 4.69. The van der Waals surface area contributed by atoms with Crippen molar-refractivity contribution in [2.45, 2.75) is 36.5 Å². The Kier molecular flexibility index (Phi) is 7.09. The molecule has 4 rings (SSSR count). The summed E-state index contributed by atoms with van der Waals surface area (Å²) in [5.74, 6) is 1.23. The second-order valence-electron chi connectivity index (χ2n) is 7.69. The smallest absolute Gasteiger partial charge is 0.244 e. The summed E-state index contributed by atoms with van der Waals surface area (Å²) in [7, 11) is -3.71. The van der Waals surface area contributed by atoms with E-state index in [1.54, 1.807) is 17.8 Å². The Morgan fingerprint density at radius 3 is 2.66 bits per heavy atom. The van der Waals surface area contributed by atoms with E-state index >= 15 is 0 Å². The number of imidazole rings is 1. The van der Waals surface area contributed by atoms with Crippen LogP contribution in [0.2, 0.25) is 5.02 Å². The van der Waals surface area contributed by atoms with Crippen LogP contribution in [0.1, 0.15) is 25.1 Å². The van der Waals surface area contributed by atoms with Gasteiger partial charge in [-0.2, -0.15) is 16.1 Å². The van der Waals surface area contributed by atoms with Crippen molar-refractivity contribution in [1.82, 2.24) is 13.9 Å². The summed E-state index contributed by atoms with van der Waals surface area (Å²) in [6.45, 7) is 1.05. The van der Waals surface area contributed by atoms with Gasteiger partial charge in [0.2, 0.25) is 15.9 Å². The molecule has 0 bridgehead atoms. The number of para-hydroxylation sites is 2. The number of hydrogen-bond acceptors (Lipinski definition) is 5. The first-order valence-electron chi connectivity index (χ1n) is 10.4. The third-order valence-corrected chi connectivity index (χ3v) is 8.38. The average molecular weight is 493 g/mol. The molecule has 7 nitrogen and oxygen atoms in total. The molecule has 2 heterocycles. The topological polar surface area (TPSA) is 84.3 Å². The molecule has 3 aromatic rings. The maximum Gasteiger partial charge on any atom is 0.244 e. The number of thioether (sulfide) groups is 1. The van der Waals surface area contributed by atoms with Crippen LogP contribution in [0.3, 0.4) is 0 Å². The number of hydrogen-bond donors (Lipinski definition) is 1. The third-order valence-electron chi connectivity index (χ3n) is 5.46. The minimum atomic E-state index is -3.71. The Hall–Kier alpha value is -2.07. The zero-order chi connectivity index (χ0) is 22.7. The van der Waals surface area contributed by atoms with Crippen LogP contribution in [0.4, 0.5) is 5.69 Å². The first-order chi connectivity index (χ1) is 15.4. The fourth-order valence-corrected chi connectivity index (χ4v) is 6.40. The highest BCUT2D eigenvalue weighted by atomic mass is 35.5. The Bertz CT molecular complexity index is 1240. The van der Waals surface area contributed by atoms with Crippen molar-refractivity contribution in [1.29, 1.82) is 0 Å². The van der Waals surface area contributed by atoms with Crippen LogP contribution in [0.25, 0.3) is 11.0 Å². The van der Waals surface area contributed by atoms with Crippen molar-refractivity contribution in [2.75, 3.05) is 24.7 Å². The Morgan fingerprint density at radius 2 is 1.91 bits per heavy atom. The van der Waals surface area contributed by atoms with E-state index in [0.29, 0.717) is 24.5 Å². The van der Waals surface area contributed by atoms with E-state index in [4.69, 9.17) is 11.6 Å². The third kappa shape index (κ3) is 4.80. The van der Waals surface area contributed by atoms with Gasteiger partial charge >= 0.3 is 0 Å². The number of sulfonamides is 1. The SMILES string of the molecule is CSCc1nc2ccccc2n1CC(=O)Nc1ccc(Cl)c(S(=O)(=O)N2CCCCC2)c1. The molecule has 0 aliphatic carbocycles. The van der Waals surface area contributed by atoms with Crippen LogP contribution < -0.4 is 5.32 Å². The Balaban J connectivity index is 1.56. The lowest BCUT2D eigenvalue weighted by Gasteiger charge is -2.26. The number of aromatic nitrogens is 2. The molecule has 2 aromatic carbocycles. The molecule has 1 aliphatic heterocycles. The van der Waals surface area contributed by atoms with Gasteiger partial charge in [-0.15, -0.1) is 0 Å². The van der Waals surface area contributed by atoms with Gasteiger partial charge in [0.1, 0.15) is 17.3 Å². The van der Waals surface area contributed by atoms with Crippen LogP contribution in [0.15, 0.2) is 47.4 Å². The average Bonchev–Trinajstić information content (AvgIpc) is 3.13. The van der Waals surface area contributed by atoms with Crippen molar-refractivity contribution in [3.8, 4) is 0 Å². The van der Waals surface area contributed by atoms with Gasteiger partial charge in [-0.05, 0) is 49.4 Å². The molecule has 1 aliphatic rings. The molecule has 1 aromatic heterocycles. The van der Waals surface area contributed by atoms with E-state index in [1.165, 1.54) is 16.4 Å². The predicted octanol–water partition coefficient (Wildman–Crippen LogP) is 4.37. The number of nitrogens with zero attached hydrogens (tertiary/aromatic N) is 3. The normalized spacial score (nSPS) is 15.2. The number of halogens is 1. The monoisotopic (exact) mass is 492 g/mol. The van der Waals surface area contributed by atoms with Crippen LogP contribution in [0.5, 0.6) is 0 Å². The molecule has 0 saturated carbocycles. The molecule has 0 atom stereocenters. The number of rotatable bonds is 7. The lowest BCUT2D eigenvalue weighted by molar-refractivity contribution is -0.116. The van der Waals surface area contributed by atoms with E-state index < -0.39 is 10.0 Å². The largest absolute Gasteiger partial charge is 0.324 e. The molecular weight excluding hydrogens is 468 g/mol. The summed E-state index contributed by atoms with van der Waals surface area (Å²) < 4.78 is 29.5. The maximum absolute atomic E-state index is 13.1. The molecule has 1 N–H and O–H groups in total. The molecule has 170 valence electrons. The molecule has 0 radical (unpaired) electrons. The quantitative estimate of drug-likeness (QED) is 0.529. The molecule has 1 fully saturated rings. The standard InChI is InChI=1S/C22H25ClN4O3S2/c1-31-15-21-25-18-7-3-4-8-19(18)27(21)14-22(28)24-16-9-10-17(23)20(13-16)32(29,30)26-11-5-2-6-12-26/h3-4,7-10,13H,2,5-6,11-12,14-15H2,1H3,(H,24,28). The molecule has 10 heteroatoms. The van der Waals surface area contributed by atoms with Crippen LogP contribution in [-0.2, 0) is 27.1 Å². The molecule has 1 amide bonds. The van der Waals surface area contributed by atoms with Crippen molar-refractivity contribution < 1.29 is 13.2 Å². The second-order valence-corrected chi connectivity index (χ2v) is 10.9. The number of carbonyl (C=O) groups is 1. The van der Waals surface area contributed by atoms with Crippen molar-refractivity contribution in [3.05, 3.63) is 53.3 Å². The van der Waals surface area contributed by atoms with Gasteiger partial charge in [0.25, 0.3) is 0 Å². The zero-order valence-corrected chi connectivity index (χ0v) is 20.1. The second kappa shape index (κ2) is 9.82. The molecule has 0 spiro atoms. The number of carbonyl (C=O) groups excluding carboxylic acids is 1. The fourth-order valence-electron chi connectivity index (χ4n) is 3.91. The van der Waals surface area contributed by atoms with E-state index in [1.807, 2.05) is 35.1 Å². The first kappa shape index (κ1) is 23.1. The Morgan fingerprint density at radius 1 is 1.16 bits per heavy atom. The van der Waals surface area contributed by atoms with Gasteiger partial charge in [-0.3, -0.25) is 4.79 Å².